The van der Waals surface area contributed by atoms with Crippen LogP contribution >= 0.6 is 28.3 Å². The van der Waals surface area contributed by atoms with Gasteiger partial charge >= 0.3 is 0 Å². The first-order valence-corrected chi connectivity index (χ1v) is 6.37. The highest BCUT2D eigenvalue weighted by atomic mass is 79.9. The highest BCUT2D eigenvalue weighted by Gasteiger charge is 2.21. The van der Waals surface area contributed by atoms with Crippen LogP contribution in [0.2, 0.25) is 0 Å². The molecule has 0 bridgehead atoms. The van der Waals surface area contributed by atoms with E-state index in [1.54, 1.807) is 4.90 Å². The van der Waals surface area contributed by atoms with Crippen LogP contribution in [0.1, 0.15) is 23.2 Å². The second-order valence-corrected chi connectivity index (χ2v) is 5.11. The van der Waals surface area contributed by atoms with Crippen molar-refractivity contribution >= 4 is 34.2 Å². The molecular formula is C12H15BrClFN2O. The van der Waals surface area contributed by atoms with E-state index in [1.165, 1.54) is 18.2 Å². The first-order valence-electron chi connectivity index (χ1n) is 5.58. The number of piperidine rings is 1. The third kappa shape index (κ3) is 3.43. The van der Waals surface area contributed by atoms with Crippen LogP contribution in [0.5, 0.6) is 0 Å². The summed E-state index contributed by atoms with van der Waals surface area (Å²) in [5.74, 6) is -0.417. The summed E-state index contributed by atoms with van der Waals surface area (Å²) in [6.45, 7) is 1.35. The molecule has 3 nitrogen and oxygen atoms in total. The lowest BCUT2D eigenvalue weighted by atomic mass is 10.0. The monoisotopic (exact) mass is 336 g/mol. The van der Waals surface area contributed by atoms with Crippen LogP contribution in [-0.4, -0.2) is 29.9 Å². The van der Waals surface area contributed by atoms with Crippen LogP contribution < -0.4 is 5.73 Å². The van der Waals surface area contributed by atoms with Gasteiger partial charge in [-0.3, -0.25) is 4.79 Å². The lowest BCUT2D eigenvalue weighted by Gasteiger charge is -2.30. The predicted molar refractivity (Wildman–Crippen MR) is 74.5 cm³/mol. The number of nitrogens with two attached hydrogens (primary N) is 1. The molecule has 0 saturated carbocycles. The summed E-state index contributed by atoms with van der Waals surface area (Å²) >= 11 is 3.08. The number of hydrogen-bond acceptors (Lipinski definition) is 2. The lowest BCUT2D eigenvalue weighted by molar-refractivity contribution is 0.0714. The zero-order chi connectivity index (χ0) is 12.4. The molecule has 1 heterocycles. The van der Waals surface area contributed by atoms with E-state index in [1.807, 2.05) is 0 Å². The molecule has 0 aliphatic carbocycles. The number of likely N-dealkylation sites (tertiary alicyclic amines) is 1. The van der Waals surface area contributed by atoms with Gasteiger partial charge < -0.3 is 10.6 Å². The Labute approximate surface area is 120 Å². The minimum Gasteiger partial charge on any atom is -0.339 e. The minimum absolute atomic E-state index is 0. The molecule has 1 aliphatic rings. The van der Waals surface area contributed by atoms with E-state index < -0.39 is 0 Å². The van der Waals surface area contributed by atoms with Crippen molar-refractivity contribution in [1.82, 2.24) is 4.90 Å². The van der Waals surface area contributed by atoms with Crippen LogP contribution in [0, 0.1) is 5.82 Å². The number of hydrogen-bond donors (Lipinski definition) is 1. The highest BCUT2D eigenvalue weighted by molar-refractivity contribution is 9.10. The molecule has 0 atom stereocenters. The summed E-state index contributed by atoms with van der Waals surface area (Å²) in [6, 6.07) is 4.52. The van der Waals surface area contributed by atoms with Gasteiger partial charge in [-0.15, -0.1) is 12.4 Å². The van der Waals surface area contributed by atoms with Crippen molar-refractivity contribution in [3.05, 3.63) is 34.1 Å². The molecule has 1 aliphatic heterocycles. The van der Waals surface area contributed by atoms with Gasteiger partial charge in [0.15, 0.2) is 0 Å². The maximum Gasteiger partial charge on any atom is 0.253 e. The first kappa shape index (κ1) is 15.4. The third-order valence-corrected chi connectivity index (χ3v) is 3.60. The Morgan fingerprint density at radius 3 is 2.56 bits per heavy atom. The quantitative estimate of drug-likeness (QED) is 0.856. The van der Waals surface area contributed by atoms with E-state index in [2.05, 4.69) is 15.9 Å². The summed E-state index contributed by atoms with van der Waals surface area (Å²) < 4.78 is 13.4. The molecule has 0 aromatic heterocycles. The van der Waals surface area contributed by atoms with Crippen LogP contribution in [0.3, 0.4) is 0 Å². The third-order valence-electron chi connectivity index (χ3n) is 2.99. The van der Waals surface area contributed by atoms with Gasteiger partial charge in [-0.2, -0.15) is 0 Å². The second-order valence-electron chi connectivity index (χ2n) is 4.26. The molecule has 6 heteroatoms. The van der Waals surface area contributed by atoms with Crippen molar-refractivity contribution in [1.29, 1.82) is 0 Å². The molecule has 1 fully saturated rings. The van der Waals surface area contributed by atoms with Crippen molar-refractivity contribution in [3.8, 4) is 0 Å². The van der Waals surface area contributed by atoms with Crippen LogP contribution in [0.15, 0.2) is 22.7 Å². The molecule has 0 spiro atoms. The molecule has 18 heavy (non-hydrogen) atoms. The number of carbonyl (C=O) groups is 1. The van der Waals surface area contributed by atoms with Crippen LogP contribution in [-0.2, 0) is 0 Å². The fourth-order valence-corrected chi connectivity index (χ4v) is 2.29. The summed E-state index contributed by atoms with van der Waals surface area (Å²) in [5, 5.41) is 0. The summed E-state index contributed by atoms with van der Waals surface area (Å²) in [4.78, 5) is 13.9. The molecule has 0 unspecified atom stereocenters. The maximum absolute atomic E-state index is 13.1. The Balaban J connectivity index is 0.00000162. The normalized spacial score (nSPS) is 16.3. The standard InChI is InChI=1S/C12H14BrFN2O.ClH/c13-10-7-8(1-2-11(10)14)12(17)16-5-3-9(15)4-6-16;/h1-2,7,9H,3-6,15H2;1H. The number of amides is 1. The Hall–Kier alpha value is -0.650. The maximum atomic E-state index is 13.1. The van der Waals surface area contributed by atoms with Crippen molar-refractivity contribution in [2.75, 3.05) is 13.1 Å². The Morgan fingerprint density at radius 2 is 2.00 bits per heavy atom. The topological polar surface area (TPSA) is 46.3 Å². The van der Waals surface area contributed by atoms with E-state index in [9.17, 15) is 9.18 Å². The van der Waals surface area contributed by atoms with E-state index >= 15 is 0 Å². The largest absolute Gasteiger partial charge is 0.339 e. The van der Waals surface area contributed by atoms with E-state index in [-0.39, 0.29) is 30.2 Å². The van der Waals surface area contributed by atoms with Gasteiger partial charge in [0.2, 0.25) is 0 Å². The molecule has 0 radical (unpaired) electrons. The lowest BCUT2D eigenvalue weighted by Crippen LogP contribution is -2.42. The molecule has 1 aromatic carbocycles. The van der Waals surface area contributed by atoms with Gasteiger partial charge in [0.1, 0.15) is 5.82 Å². The number of nitrogens with zero attached hydrogens (tertiary/aromatic N) is 1. The van der Waals surface area contributed by atoms with Gasteiger partial charge in [-0.1, -0.05) is 0 Å². The molecule has 1 amide bonds. The van der Waals surface area contributed by atoms with Crippen LogP contribution in [0.25, 0.3) is 0 Å². The predicted octanol–water partition coefficient (Wildman–Crippen LogP) is 2.57. The van der Waals surface area contributed by atoms with Crippen molar-refractivity contribution in [2.24, 2.45) is 5.73 Å². The van der Waals surface area contributed by atoms with Gasteiger partial charge in [-0.05, 0) is 47.0 Å². The van der Waals surface area contributed by atoms with Crippen LogP contribution in [0.4, 0.5) is 4.39 Å². The van der Waals surface area contributed by atoms with Crippen molar-refractivity contribution in [2.45, 2.75) is 18.9 Å². The highest BCUT2D eigenvalue weighted by Crippen LogP contribution is 2.19. The number of carbonyl (C=O) groups excluding carboxylic acids is 1. The Morgan fingerprint density at radius 1 is 1.39 bits per heavy atom. The average molecular weight is 338 g/mol. The summed E-state index contributed by atoms with van der Waals surface area (Å²) in [5.41, 5.74) is 6.29. The molecule has 1 saturated heterocycles. The van der Waals surface area contributed by atoms with Gasteiger partial charge in [0.05, 0.1) is 4.47 Å². The van der Waals surface area contributed by atoms with Crippen molar-refractivity contribution < 1.29 is 9.18 Å². The van der Waals surface area contributed by atoms with E-state index in [0.29, 0.717) is 23.1 Å². The number of halogens is 3. The summed E-state index contributed by atoms with van der Waals surface area (Å²) in [6.07, 6.45) is 1.65. The smallest absolute Gasteiger partial charge is 0.253 e. The number of rotatable bonds is 1. The summed E-state index contributed by atoms with van der Waals surface area (Å²) in [7, 11) is 0. The molecule has 1 aromatic rings. The van der Waals surface area contributed by atoms with Gasteiger partial charge in [0.25, 0.3) is 5.91 Å². The zero-order valence-corrected chi connectivity index (χ0v) is 12.1. The fourth-order valence-electron chi connectivity index (χ4n) is 1.91. The van der Waals surface area contributed by atoms with Gasteiger partial charge in [-0.25, -0.2) is 4.39 Å². The van der Waals surface area contributed by atoms with E-state index in [4.69, 9.17) is 5.73 Å². The second kappa shape index (κ2) is 6.50. The SMILES string of the molecule is Cl.NC1CCN(C(=O)c2ccc(F)c(Br)c2)CC1. The molecule has 2 N–H and O–H groups in total. The average Bonchev–Trinajstić information content (AvgIpc) is 2.33. The number of benzene rings is 1. The molecular weight excluding hydrogens is 323 g/mol. The van der Waals surface area contributed by atoms with Gasteiger partial charge in [0, 0.05) is 24.7 Å². The fraction of sp³-hybridized carbons (Fsp3) is 0.417. The molecule has 2 rings (SSSR count). The van der Waals surface area contributed by atoms with E-state index in [0.717, 1.165) is 12.8 Å². The Bertz CT molecular complexity index is 436. The van der Waals surface area contributed by atoms with Crippen molar-refractivity contribution in [3.63, 3.8) is 0 Å². The Kier molecular flexibility index (Phi) is 5.56. The molecule has 100 valence electrons. The first-order chi connectivity index (χ1) is 8.08. The zero-order valence-electron chi connectivity index (χ0n) is 9.73. The minimum atomic E-state index is -0.359.